The molecule has 12 heteroatoms. The topological polar surface area (TPSA) is 93.8 Å². The highest BCUT2D eigenvalue weighted by molar-refractivity contribution is 7.17. The van der Waals surface area contributed by atoms with E-state index in [1.807, 2.05) is 0 Å². The van der Waals surface area contributed by atoms with Crippen LogP contribution in [0.3, 0.4) is 0 Å². The highest BCUT2D eigenvalue weighted by atomic mass is 35.5. The van der Waals surface area contributed by atoms with Crippen LogP contribution in [0.2, 0.25) is 10.0 Å². The van der Waals surface area contributed by atoms with E-state index in [9.17, 15) is 22.8 Å². The Kier molecular flexibility index (Phi) is 6.26. The monoisotopic (exact) mass is 529 g/mol. The van der Waals surface area contributed by atoms with Crippen LogP contribution in [0.4, 0.5) is 13.2 Å². The van der Waals surface area contributed by atoms with Crippen molar-refractivity contribution in [2.75, 3.05) is 0 Å². The first-order valence-electron chi connectivity index (χ1n) is 9.82. The van der Waals surface area contributed by atoms with Crippen LogP contribution in [0, 0.1) is 0 Å². The van der Waals surface area contributed by atoms with Crippen LogP contribution in [0.1, 0.15) is 34.8 Å². The van der Waals surface area contributed by atoms with Gasteiger partial charge in [0.15, 0.2) is 0 Å². The molecule has 0 fully saturated rings. The first kappa shape index (κ1) is 24.3. The van der Waals surface area contributed by atoms with Crippen molar-refractivity contribution < 1.29 is 27.6 Å². The molecule has 0 saturated heterocycles. The minimum absolute atomic E-state index is 0.0318. The summed E-state index contributed by atoms with van der Waals surface area (Å²) in [5.74, 6) is -1.24. The molecule has 2 heterocycles. The molecule has 178 valence electrons. The van der Waals surface area contributed by atoms with Gasteiger partial charge in [-0.25, -0.2) is 0 Å². The number of nitrogens with one attached hydrogen (secondary N) is 1. The zero-order valence-corrected chi connectivity index (χ0v) is 19.7. The van der Waals surface area contributed by atoms with Gasteiger partial charge in [-0.1, -0.05) is 34.4 Å². The zero-order valence-electron chi connectivity index (χ0n) is 17.4. The average Bonchev–Trinajstić information content (AvgIpc) is 3.40. The molecule has 0 spiro atoms. The standard InChI is InChI=1S/C22H16Cl2F3N3O3S/c1-10(19(28)31)29-20(32)15-2-3-16(18-14(15)4-5-34-18)17-9-21(33-30-17,22(25,26)27)11-6-12(23)8-13(24)7-11/h2-8,10H,9H2,1H3,(H2,28,31)(H,29,32). The van der Waals surface area contributed by atoms with Gasteiger partial charge in [0.1, 0.15) is 6.04 Å². The minimum atomic E-state index is -4.83. The lowest BCUT2D eigenvalue weighted by atomic mass is 9.86. The smallest absolute Gasteiger partial charge is 0.374 e. The zero-order chi connectivity index (χ0) is 24.8. The van der Waals surface area contributed by atoms with Gasteiger partial charge >= 0.3 is 6.18 Å². The molecular formula is C22H16Cl2F3N3O3S. The Balaban J connectivity index is 1.73. The van der Waals surface area contributed by atoms with Crippen molar-refractivity contribution >= 4 is 62.2 Å². The second-order valence-corrected chi connectivity index (χ2v) is 9.50. The van der Waals surface area contributed by atoms with E-state index < -0.39 is 36.1 Å². The van der Waals surface area contributed by atoms with Gasteiger partial charge in [-0.2, -0.15) is 13.2 Å². The summed E-state index contributed by atoms with van der Waals surface area (Å²) in [6, 6.07) is 7.34. The number of carbonyl (C=O) groups excluding carboxylic acids is 2. The summed E-state index contributed by atoms with van der Waals surface area (Å²) in [4.78, 5) is 29.0. The van der Waals surface area contributed by atoms with E-state index in [4.69, 9.17) is 33.8 Å². The minimum Gasteiger partial charge on any atom is -0.374 e. The van der Waals surface area contributed by atoms with Gasteiger partial charge < -0.3 is 15.9 Å². The molecule has 2 unspecified atom stereocenters. The number of benzene rings is 2. The Bertz CT molecular complexity index is 1320. The second-order valence-electron chi connectivity index (χ2n) is 7.71. The number of halogens is 5. The fraction of sp³-hybridized carbons (Fsp3) is 0.227. The molecule has 2 atom stereocenters. The predicted octanol–water partition coefficient (Wildman–Crippen LogP) is 5.39. The summed E-state index contributed by atoms with van der Waals surface area (Å²) < 4.78 is 43.4. The number of fused-ring (bicyclic) bond motifs is 1. The molecule has 3 N–H and O–H groups in total. The predicted molar refractivity (Wildman–Crippen MR) is 124 cm³/mol. The highest BCUT2D eigenvalue weighted by Crippen LogP contribution is 2.50. The maximum Gasteiger partial charge on any atom is 0.435 e. The third-order valence-corrected chi connectivity index (χ3v) is 6.85. The molecule has 0 aliphatic carbocycles. The van der Waals surface area contributed by atoms with Crippen molar-refractivity contribution in [3.63, 3.8) is 0 Å². The van der Waals surface area contributed by atoms with E-state index in [-0.39, 0.29) is 26.9 Å². The van der Waals surface area contributed by atoms with Gasteiger partial charge in [0, 0.05) is 36.8 Å². The number of hydrogen-bond donors (Lipinski definition) is 2. The van der Waals surface area contributed by atoms with Crippen molar-refractivity contribution in [2.24, 2.45) is 10.9 Å². The van der Waals surface area contributed by atoms with Gasteiger partial charge in [0.2, 0.25) is 5.91 Å². The number of carbonyl (C=O) groups is 2. The summed E-state index contributed by atoms with van der Waals surface area (Å²) >= 11 is 13.1. The van der Waals surface area contributed by atoms with Crippen LogP contribution >= 0.6 is 34.5 Å². The number of hydrogen-bond acceptors (Lipinski definition) is 5. The molecule has 0 saturated carbocycles. The number of primary amides is 1. The molecule has 1 aliphatic heterocycles. The molecule has 1 aliphatic rings. The molecule has 4 rings (SSSR count). The molecule has 3 aromatic rings. The van der Waals surface area contributed by atoms with E-state index in [0.29, 0.717) is 15.6 Å². The molecule has 6 nitrogen and oxygen atoms in total. The lowest BCUT2D eigenvalue weighted by Crippen LogP contribution is -2.42. The van der Waals surface area contributed by atoms with E-state index >= 15 is 0 Å². The Labute approximate surface area is 205 Å². The summed E-state index contributed by atoms with van der Waals surface area (Å²) in [5, 5.41) is 8.55. The summed E-state index contributed by atoms with van der Waals surface area (Å²) in [6.45, 7) is 1.45. The van der Waals surface area contributed by atoms with E-state index in [1.54, 1.807) is 11.4 Å². The van der Waals surface area contributed by atoms with Gasteiger partial charge in [0.25, 0.3) is 11.5 Å². The van der Waals surface area contributed by atoms with Gasteiger partial charge in [-0.3, -0.25) is 9.59 Å². The van der Waals surface area contributed by atoms with Crippen LogP contribution in [0.15, 0.2) is 46.9 Å². The first-order chi connectivity index (χ1) is 15.9. The number of thiophene rings is 1. The third kappa shape index (κ3) is 4.21. The molecule has 2 amide bonds. The number of alkyl halides is 3. The fourth-order valence-electron chi connectivity index (χ4n) is 3.67. The maximum atomic E-state index is 14.3. The Morgan fingerprint density at radius 1 is 1.21 bits per heavy atom. The first-order valence-corrected chi connectivity index (χ1v) is 11.5. The number of oxime groups is 1. The Morgan fingerprint density at radius 2 is 1.88 bits per heavy atom. The molecule has 0 bridgehead atoms. The quantitative estimate of drug-likeness (QED) is 0.463. The van der Waals surface area contributed by atoms with Crippen molar-refractivity contribution in [2.45, 2.75) is 31.2 Å². The summed E-state index contributed by atoms with van der Waals surface area (Å²) in [6.07, 6.45) is -5.45. The van der Waals surface area contributed by atoms with Crippen molar-refractivity contribution in [3.8, 4) is 0 Å². The molecular weight excluding hydrogens is 514 g/mol. The molecule has 1 aromatic heterocycles. The normalized spacial score (nSPS) is 18.9. The van der Waals surface area contributed by atoms with Crippen LogP contribution in [-0.4, -0.2) is 29.7 Å². The number of rotatable bonds is 5. The van der Waals surface area contributed by atoms with Crippen LogP contribution < -0.4 is 11.1 Å². The lowest BCUT2D eigenvalue weighted by Gasteiger charge is -2.29. The van der Waals surface area contributed by atoms with Crippen molar-refractivity contribution in [3.05, 3.63) is 68.5 Å². The van der Waals surface area contributed by atoms with Crippen LogP contribution in [-0.2, 0) is 15.2 Å². The van der Waals surface area contributed by atoms with E-state index in [1.165, 1.54) is 36.5 Å². The SMILES string of the molecule is CC(NC(=O)c1ccc(C2=NOC(c3cc(Cl)cc(Cl)c3)(C(F)(F)F)C2)c2sccc12)C(N)=O. The Morgan fingerprint density at radius 3 is 2.50 bits per heavy atom. The molecule has 0 radical (unpaired) electrons. The third-order valence-electron chi connectivity index (χ3n) is 5.46. The van der Waals surface area contributed by atoms with Crippen LogP contribution in [0.25, 0.3) is 10.1 Å². The lowest BCUT2D eigenvalue weighted by molar-refractivity contribution is -0.275. The number of nitrogens with two attached hydrogens (primary N) is 1. The number of amides is 2. The van der Waals surface area contributed by atoms with Gasteiger partial charge in [0.05, 0.1) is 12.1 Å². The van der Waals surface area contributed by atoms with Gasteiger partial charge in [-0.05, 0) is 42.6 Å². The van der Waals surface area contributed by atoms with Gasteiger partial charge in [-0.15, -0.1) is 11.3 Å². The van der Waals surface area contributed by atoms with Crippen molar-refractivity contribution in [1.82, 2.24) is 5.32 Å². The summed E-state index contributed by atoms with van der Waals surface area (Å²) in [7, 11) is 0. The second kappa shape index (κ2) is 8.75. The average molecular weight is 530 g/mol. The molecule has 2 aromatic carbocycles. The van der Waals surface area contributed by atoms with Crippen molar-refractivity contribution in [1.29, 1.82) is 0 Å². The highest BCUT2D eigenvalue weighted by Gasteiger charge is 2.62. The maximum absolute atomic E-state index is 14.3. The van der Waals surface area contributed by atoms with Crippen LogP contribution in [0.5, 0.6) is 0 Å². The molecule has 34 heavy (non-hydrogen) atoms. The fourth-order valence-corrected chi connectivity index (χ4v) is 5.15. The van der Waals surface area contributed by atoms with E-state index in [2.05, 4.69) is 10.5 Å². The van der Waals surface area contributed by atoms with E-state index in [0.717, 1.165) is 12.1 Å². The largest absolute Gasteiger partial charge is 0.435 e. The Hall–Kier alpha value is -2.82. The summed E-state index contributed by atoms with van der Waals surface area (Å²) in [5.41, 5.74) is 2.85. The number of nitrogens with zero attached hydrogens (tertiary/aromatic N) is 1.